The SMILES string of the molecule is C[C@@H]1C[C@@H]2C[C@H](C1)C[C@@H](N1[C@@H]3CCC[C@H]1C[C@@H](N)C3)C2. The Hall–Kier alpha value is -0.0800. The molecule has 0 unspecified atom stereocenters. The molecule has 2 saturated heterocycles. The predicted molar refractivity (Wildman–Crippen MR) is 83.5 cm³/mol. The second-order valence-electron chi connectivity index (χ2n) is 8.59. The zero-order valence-electron chi connectivity index (χ0n) is 13.1. The maximum atomic E-state index is 6.30. The third kappa shape index (κ3) is 2.43. The number of hydrogen-bond donors (Lipinski definition) is 1. The quantitative estimate of drug-likeness (QED) is 0.793. The van der Waals surface area contributed by atoms with Crippen LogP contribution in [0.25, 0.3) is 0 Å². The highest BCUT2D eigenvalue weighted by Crippen LogP contribution is 2.47. The molecular formula is C18H32N2. The molecule has 7 atom stereocenters. The number of piperidine rings is 2. The van der Waals surface area contributed by atoms with Crippen LogP contribution in [0.1, 0.15) is 71.1 Å². The Kier molecular flexibility index (Phi) is 3.58. The largest absolute Gasteiger partial charge is 0.328 e. The van der Waals surface area contributed by atoms with Crippen LogP contribution in [0.3, 0.4) is 0 Å². The average Bonchev–Trinajstić information content (AvgIpc) is 2.35. The fourth-order valence-corrected chi connectivity index (χ4v) is 6.45. The summed E-state index contributed by atoms with van der Waals surface area (Å²) in [5, 5.41) is 0. The van der Waals surface area contributed by atoms with E-state index in [1.54, 1.807) is 6.42 Å². The van der Waals surface area contributed by atoms with Gasteiger partial charge in [-0.1, -0.05) is 13.3 Å². The highest BCUT2D eigenvalue weighted by atomic mass is 15.2. The molecule has 0 amide bonds. The Labute approximate surface area is 124 Å². The Balaban J connectivity index is 1.50. The van der Waals surface area contributed by atoms with Crippen LogP contribution in [0.15, 0.2) is 0 Å². The van der Waals surface area contributed by atoms with Crippen molar-refractivity contribution >= 4 is 0 Å². The highest BCUT2D eigenvalue weighted by molar-refractivity contribution is 5.00. The summed E-state index contributed by atoms with van der Waals surface area (Å²) in [6.07, 6.45) is 14.4. The maximum absolute atomic E-state index is 6.30. The van der Waals surface area contributed by atoms with Crippen LogP contribution in [0.5, 0.6) is 0 Å². The van der Waals surface area contributed by atoms with E-state index in [1.807, 2.05) is 0 Å². The van der Waals surface area contributed by atoms with Gasteiger partial charge in [-0.15, -0.1) is 0 Å². The lowest BCUT2D eigenvalue weighted by Gasteiger charge is -2.55. The van der Waals surface area contributed by atoms with Gasteiger partial charge in [0.25, 0.3) is 0 Å². The van der Waals surface area contributed by atoms with Gasteiger partial charge < -0.3 is 5.73 Å². The molecule has 2 heterocycles. The molecule has 2 nitrogen and oxygen atoms in total. The molecule has 0 aromatic heterocycles. The molecule has 0 aromatic rings. The van der Waals surface area contributed by atoms with Crippen molar-refractivity contribution < 1.29 is 0 Å². The van der Waals surface area contributed by atoms with Gasteiger partial charge in [-0.25, -0.2) is 0 Å². The molecule has 4 fully saturated rings. The third-order valence-corrected chi connectivity index (χ3v) is 6.84. The summed E-state index contributed by atoms with van der Waals surface area (Å²) in [5.74, 6) is 3.08. The summed E-state index contributed by atoms with van der Waals surface area (Å²) < 4.78 is 0. The summed E-state index contributed by atoms with van der Waals surface area (Å²) in [6.45, 7) is 2.48. The molecule has 0 aromatic carbocycles. The molecule has 2 heteroatoms. The number of fused-ring (bicyclic) bond motifs is 4. The van der Waals surface area contributed by atoms with E-state index in [0.717, 1.165) is 35.9 Å². The molecule has 2 aliphatic carbocycles. The first-order valence-electron chi connectivity index (χ1n) is 9.22. The molecule has 20 heavy (non-hydrogen) atoms. The zero-order valence-corrected chi connectivity index (χ0v) is 13.1. The third-order valence-electron chi connectivity index (χ3n) is 6.84. The van der Waals surface area contributed by atoms with Crippen molar-refractivity contribution in [1.29, 1.82) is 0 Å². The summed E-state index contributed by atoms with van der Waals surface area (Å²) in [4.78, 5) is 2.99. The van der Waals surface area contributed by atoms with Gasteiger partial charge in [0.05, 0.1) is 0 Å². The minimum Gasteiger partial charge on any atom is -0.328 e. The van der Waals surface area contributed by atoms with E-state index in [0.29, 0.717) is 6.04 Å². The molecule has 2 saturated carbocycles. The minimum atomic E-state index is 0.490. The van der Waals surface area contributed by atoms with E-state index in [4.69, 9.17) is 5.73 Å². The second-order valence-corrected chi connectivity index (χ2v) is 8.59. The van der Waals surface area contributed by atoms with Gasteiger partial charge in [0.1, 0.15) is 0 Å². The van der Waals surface area contributed by atoms with Crippen LogP contribution in [-0.4, -0.2) is 29.1 Å². The molecule has 0 spiro atoms. The van der Waals surface area contributed by atoms with Crippen LogP contribution in [0.2, 0.25) is 0 Å². The van der Waals surface area contributed by atoms with Gasteiger partial charge >= 0.3 is 0 Å². The number of rotatable bonds is 1. The molecule has 4 aliphatic rings. The van der Waals surface area contributed by atoms with Crippen molar-refractivity contribution in [2.45, 2.75) is 95.3 Å². The zero-order chi connectivity index (χ0) is 13.7. The molecule has 114 valence electrons. The standard InChI is InChI=1S/C18H32N2/c1-12-5-13-7-14(6-12)9-18(8-13)20-16-3-2-4-17(20)11-15(19)10-16/h12-18H,2-11,19H2,1H3/t12-,13-,14+,15-,16+,17-,18+. The predicted octanol–water partition coefficient (Wildman–Crippen LogP) is 3.55. The van der Waals surface area contributed by atoms with E-state index >= 15 is 0 Å². The van der Waals surface area contributed by atoms with Gasteiger partial charge in [-0.3, -0.25) is 4.90 Å². The van der Waals surface area contributed by atoms with Gasteiger partial charge in [-0.2, -0.15) is 0 Å². The fourth-order valence-electron chi connectivity index (χ4n) is 6.45. The van der Waals surface area contributed by atoms with Gasteiger partial charge in [0.15, 0.2) is 0 Å². The smallest absolute Gasteiger partial charge is 0.0116 e. The molecule has 2 N–H and O–H groups in total. The van der Waals surface area contributed by atoms with Crippen molar-refractivity contribution in [1.82, 2.24) is 4.90 Å². The first-order chi connectivity index (χ1) is 9.69. The number of nitrogens with zero attached hydrogens (tertiary/aromatic N) is 1. The normalized spacial score (nSPS) is 52.8. The van der Waals surface area contributed by atoms with E-state index in [1.165, 1.54) is 57.8 Å². The Bertz CT molecular complexity index is 323. The average molecular weight is 276 g/mol. The summed E-state index contributed by atoms with van der Waals surface area (Å²) >= 11 is 0. The van der Waals surface area contributed by atoms with E-state index < -0.39 is 0 Å². The lowest BCUT2D eigenvalue weighted by atomic mass is 9.65. The molecule has 4 bridgehead atoms. The molecule has 2 aliphatic heterocycles. The summed E-state index contributed by atoms with van der Waals surface area (Å²) in [5.41, 5.74) is 6.30. The van der Waals surface area contributed by atoms with Crippen LogP contribution in [0.4, 0.5) is 0 Å². The Morgan fingerprint density at radius 2 is 1.35 bits per heavy atom. The maximum Gasteiger partial charge on any atom is 0.0116 e. The van der Waals surface area contributed by atoms with E-state index in [9.17, 15) is 0 Å². The van der Waals surface area contributed by atoms with Crippen molar-refractivity contribution in [3.63, 3.8) is 0 Å². The second kappa shape index (κ2) is 5.28. The lowest BCUT2D eigenvalue weighted by molar-refractivity contribution is -0.0445. The van der Waals surface area contributed by atoms with Crippen LogP contribution in [0, 0.1) is 17.8 Å². The number of hydrogen-bond acceptors (Lipinski definition) is 2. The number of nitrogens with two attached hydrogens (primary N) is 1. The first kappa shape index (κ1) is 13.6. The minimum absolute atomic E-state index is 0.490. The van der Waals surface area contributed by atoms with Crippen molar-refractivity contribution in [3.05, 3.63) is 0 Å². The van der Waals surface area contributed by atoms with Crippen molar-refractivity contribution in [2.24, 2.45) is 23.5 Å². The Morgan fingerprint density at radius 3 is 1.95 bits per heavy atom. The van der Waals surface area contributed by atoms with Crippen LogP contribution < -0.4 is 5.73 Å². The monoisotopic (exact) mass is 276 g/mol. The molecular weight excluding hydrogens is 244 g/mol. The van der Waals surface area contributed by atoms with Gasteiger partial charge in [0.2, 0.25) is 0 Å². The Morgan fingerprint density at radius 1 is 0.750 bits per heavy atom. The van der Waals surface area contributed by atoms with Crippen molar-refractivity contribution in [3.8, 4) is 0 Å². The summed E-state index contributed by atoms with van der Waals surface area (Å²) in [6, 6.07) is 3.07. The van der Waals surface area contributed by atoms with Gasteiger partial charge in [-0.05, 0) is 75.5 Å². The van der Waals surface area contributed by atoms with Crippen LogP contribution >= 0.6 is 0 Å². The molecule has 0 radical (unpaired) electrons. The summed E-state index contributed by atoms with van der Waals surface area (Å²) in [7, 11) is 0. The van der Waals surface area contributed by atoms with E-state index in [2.05, 4.69) is 11.8 Å². The molecule has 4 rings (SSSR count). The van der Waals surface area contributed by atoms with Crippen LogP contribution in [-0.2, 0) is 0 Å². The fraction of sp³-hybridized carbons (Fsp3) is 1.00. The topological polar surface area (TPSA) is 29.3 Å². The van der Waals surface area contributed by atoms with Gasteiger partial charge in [0, 0.05) is 24.2 Å². The lowest BCUT2D eigenvalue weighted by Crippen LogP contribution is -2.60. The van der Waals surface area contributed by atoms with Crippen molar-refractivity contribution in [2.75, 3.05) is 0 Å². The van der Waals surface area contributed by atoms with E-state index in [-0.39, 0.29) is 0 Å². The highest BCUT2D eigenvalue weighted by Gasteiger charge is 2.44. The first-order valence-corrected chi connectivity index (χ1v) is 9.22.